The first kappa shape index (κ1) is 10.7. The monoisotopic (exact) mass is 213 g/mol. The van der Waals surface area contributed by atoms with Crippen molar-refractivity contribution in [2.75, 3.05) is 6.54 Å². The van der Waals surface area contributed by atoms with E-state index in [0.717, 1.165) is 6.42 Å². The predicted molar refractivity (Wildman–Crippen MR) is 55.6 cm³/mol. The number of fused-ring (bicyclic) bond motifs is 2. The molecule has 1 amide bonds. The third-order valence-electron chi connectivity index (χ3n) is 4.25. The van der Waals surface area contributed by atoms with Crippen molar-refractivity contribution in [3.63, 3.8) is 0 Å². The van der Waals surface area contributed by atoms with Gasteiger partial charge in [0.2, 0.25) is 0 Å². The molecule has 0 aromatic heterocycles. The maximum Gasteiger partial charge on any atom is 0.407 e. The van der Waals surface area contributed by atoms with Crippen molar-refractivity contribution in [3.05, 3.63) is 0 Å². The van der Waals surface area contributed by atoms with Crippen LogP contribution in [-0.2, 0) is 0 Å². The van der Waals surface area contributed by atoms with E-state index in [1.54, 1.807) is 4.90 Å². The molecule has 1 aliphatic heterocycles. The number of carbonyl (C=O) groups is 1. The number of aliphatic hydroxyl groups is 1. The van der Waals surface area contributed by atoms with E-state index in [1.807, 2.05) is 0 Å². The first-order valence-electron chi connectivity index (χ1n) is 5.46. The quantitative estimate of drug-likeness (QED) is 0.641. The number of hydrogen-bond donors (Lipinski definition) is 2. The van der Waals surface area contributed by atoms with Gasteiger partial charge in [0.05, 0.1) is 11.6 Å². The normalized spacial score (nSPS) is 39.9. The Hall–Kier alpha value is -0.770. The van der Waals surface area contributed by atoms with Crippen LogP contribution in [0.5, 0.6) is 0 Å². The molecule has 2 fully saturated rings. The largest absolute Gasteiger partial charge is 0.465 e. The lowest BCUT2D eigenvalue weighted by Gasteiger charge is -2.47. The standard InChI is InChI=1S/C11H19NO3/c1-10(2,3)11-4-7(8(13)5-11)6-12(11)9(14)15/h7-8,13H,4-6H2,1-3H3,(H,14,15)/t7-,8?,11-/m1/s1. The zero-order valence-corrected chi connectivity index (χ0v) is 9.53. The number of rotatable bonds is 0. The second-order valence-electron chi connectivity index (χ2n) is 5.91. The number of piperidine rings is 1. The molecule has 4 nitrogen and oxygen atoms in total. The van der Waals surface area contributed by atoms with Crippen LogP contribution in [0.25, 0.3) is 0 Å². The maximum atomic E-state index is 11.2. The third kappa shape index (κ3) is 1.27. The molecule has 86 valence electrons. The molecule has 1 saturated carbocycles. The van der Waals surface area contributed by atoms with Crippen molar-refractivity contribution < 1.29 is 15.0 Å². The molecule has 2 aliphatic rings. The highest BCUT2D eigenvalue weighted by atomic mass is 16.4. The summed E-state index contributed by atoms with van der Waals surface area (Å²) in [6, 6.07) is 0. The van der Waals surface area contributed by atoms with Crippen LogP contribution in [-0.4, -0.2) is 39.4 Å². The maximum absolute atomic E-state index is 11.2. The van der Waals surface area contributed by atoms with Gasteiger partial charge in [-0.2, -0.15) is 0 Å². The van der Waals surface area contributed by atoms with Crippen molar-refractivity contribution in [1.82, 2.24) is 4.90 Å². The predicted octanol–water partition coefficient (Wildman–Crippen LogP) is 1.54. The average Bonchev–Trinajstić information content (AvgIpc) is 2.57. The van der Waals surface area contributed by atoms with Gasteiger partial charge in [-0.05, 0) is 18.3 Å². The van der Waals surface area contributed by atoms with Crippen molar-refractivity contribution >= 4 is 6.09 Å². The topological polar surface area (TPSA) is 60.8 Å². The van der Waals surface area contributed by atoms with E-state index < -0.39 is 6.09 Å². The van der Waals surface area contributed by atoms with Gasteiger partial charge in [-0.1, -0.05) is 20.8 Å². The molecule has 2 N–H and O–H groups in total. The lowest BCUT2D eigenvalue weighted by molar-refractivity contribution is -0.0116. The van der Waals surface area contributed by atoms with Gasteiger partial charge in [0, 0.05) is 12.5 Å². The molecule has 1 heterocycles. The molecular formula is C11H19NO3. The number of hydrogen-bond acceptors (Lipinski definition) is 2. The molecule has 2 rings (SSSR count). The Morgan fingerprint density at radius 2 is 2.00 bits per heavy atom. The first-order valence-corrected chi connectivity index (χ1v) is 5.46. The van der Waals surface area contributed by atoms with Crippen molar-refractivity contribution in [3.8, 4) is 0 Å². The van der Waals surface area contributed by atoms with Crippen LogP contribution in [0.4, 0.5) is 4.79 Å². The SMILES string of the molecule is CC(C)(C)[C@@]12CC(O)[C@@H](CN1C(=O)O)C2. The minimum absolute atomic E-state index is 0.113. The molecular weight excluding hydrogens is 194 g/mol. The second kappa shape index (κ2) is 2.88. The number of nitrogens with zero attached hydrogens (tertiary/aromatic N) is 1. The van der Waals surface area contributed by atoms with Gasteiger partial charge in [0.1, 0.15) is 0 Å². The summed E-state index contributed by atoms with van der Waals surface area (Å²) in [6.07, 6.45) is 0.233. The Bertz CT molecular complexity index is 293. The van der Waals surface area contributed by atoms with Gasteiger partial charge in [-0.25, -0.2) is 4.79 Å². The highest BCUT2D eigenvalue weighted by Gasteiger charge is 2.61. The summed E-state index contributed by atoms with van der Waals surface area (Å²) in [7, 11) is 0. The van der Waals surface area contributed by atoms with E-state index in [2.05, 4.69) is 20.8 Å². The van der Waals surface area contributed by atoms with Crippen LogP contribution in [0.15, 0.2) is 0 Å². The van der Waals surface area contributed by atoms with Gasteiger partial charge < -0.3 is 15.1 Å². The zero-order valence-electron chi connectivity index (χ0n) is 9.53. The molecule has 2 bridgehead atoms. The Morgan fingerprint density at radius 1 is 1.40 bits per heavy atom. The lowest BCUT2D eigenvalue weighted by Crippen LogP contribution is -2.57. The van der Waals surface area contributed by atoms with E-state index >= 15 is 0 Å². The molecule has 0 aromatic carbocycles. The summed E-state index contributed by atoms with van der Waals surface area (Å²) in [5, 5.41) is 19.0. The fourth-order valence-corrected chi connectivity index (χ4v) is 3.26. The Labute approximate surface area is 89.9 Å². The molecule has 0 spiro atoms. The first-order chi connectivity index (χ1) is 6.78. The smallest absolute Gasteiger partial charge is 0.407 e. The number of amides is 1. The Balaban J connectivity index is 2.37. The highest BCUT2D eigenvalue weighted by Crippen LogP contribution is 2.55. The molecule has 1 unspecified atom stereocenters. The molecule has 0 radical (unpaired) electrons. The fraction of sp³-hybridized carbons (Fsp3) is 0.909. The van der Waals surface area contributed by atoms with Crippen LogP contribution >= 0.6 is 0 Å². The molecule has 0 aromatic rings. The molecule has 3 atom stereocenters. The van der Waals surface area contributed by atoms with E-state index in [9.17, 15) is 15.0 Å². The number of carboxylic acid groups (broad SMARTS) is 1. The number of aliphatic hydroxyl groups excluding tert-OH is 1. The van der Waals surface area contributed by atoms with Crippen molar-refractivity contribution in [2.45, 2.75) is 45.3 Å². The zero-order chi connectivity index (χ0) is 11.4. The van der Waals surface area contributed by atoms with E-state index in [4.69, 9.17) is 0 Å². The fourth-order valence-electron chi connectivity index (χ4n) is 3.26. The third-order valence-corrected chi connectivity index (χ3v) is 4.25. The van der Waals surface area contributed by atoms with Gasteiger partial charge in [-0.3, -0.25) is 0 Å². The highest BCUT2D eigenvalue weighted by molar-refractivity contribution is 5.67. The Morgan fingerprint density at radius 3 is 2.40 bits per heavy atom. The summed E-state index contributed by atoms with van der Waals surface area (Å²) < 4.78 is 0. The van der Waals surface area contributed by atoms with Gasteiger partial charge in [0.25, 0.3) is 0 Å². The summed E-state index contributed by atoms with van der Waals surface area (Å²) in [4.78, 5) is 12.7. The summed E-state index contributed by atoms with van der Waals surface area (Å²) >= 11 is 0. The van der Waals surface area contributed by atoms with Gasteiger partial charge in [-0.15, -0.1) is 0 Å². The van der Waals surface area contributed by atoms with Crippen molar-refractivity contribution in [1.29, 1.82) is 0 Å². The van der Waals surface area contributed by atoms with Crippen LogP contribution < -0.4 is 0 Å². The van der Waals surface area contributed by atoms with Crippen LogP contribution in [0, 0.1) is 11.3 Å². The second-order valence-corrected chi connectivity index (χ2v) is 5.91. The molecule has 1 saturated heterocycles. The van der Waals surface area contributed by atoms with Crippen molar-refractivity contribution in [2.24, 2.45) is 11.3 Å². The van der Waals surface area contributed by atoms with E-state index in [-0.39, 0.29) is 23.0 Å². The summed E-state index contributed by atoms with van der Waals surface area (Å²) in [5.41, 5.74) is -0.472. The van der Waals surface area contributed by atoms with E-state index in [1.165, 1.54) is 0 Å². The van der Waals surface area contributed by atoms with Crippen LogP contribution in [0.1, 0.15) is 33.6 Å². The minimum atomic E-state index is -0.848. The molecule has 1 aliphatic carbocycles. The Kier molecular flexibility index (Phi) is 2.06. The van der Waals surface area contributed by atoms with Gasteiger partial charge >= 0.3 is 6.09 Å². The summed E-state index contributed by atoms with van der Waals surface area (Å²) in [6.45, 7) is 6.67. The lowest BCUT2D eigenvalue weighted by atomic mass is 9.72. The van der Waals surface area contributed by atoms with Gasteiger partial charge in [0.15, 0.2) is 0 Å². The number of likely N-dealkylation sites (tertiary alicyclic amines) is 1. The average molecular weight is 213 g/mol. The van der Waals surface area contributed by atoms with Crippen LogP contribution in [0.2, 0.25) is 0 Å². The summed E-state index contributed by atoms with van der Waals surface area (Å²) in [5.74, 6) is 0.139. The van der Waals surface area contributed by atoms with Crippen LogP contribution in [0.3, 0.4) is 0 Å². The molecule has 4 heteroatoms. The van der Waals surface area contributed by atoms with E-state index in [0.29, 0.717) is 13.0 Å². The minimum Gasteiger partial charge on any atom is -0.465 e. The molecule has 15 heavy (non-hydrogen) atoms.